The van der Waals surface area contributed by atoms with E-state index in [2.05, 4.69) is 4.98 Å². The van der Waals surface area contributed by atoms with E-state index in [-0.39, 0.29) is 5.91 Å². The smallest absolute Gasteiger partial charge is 0.254 e. The molecule has 0 unspecified atom stereocenters. The molecule has 96 valence electrons. The van der Waals surface area contributed by atoms with Crippen molar-refractivity contribution < 1.29 is 9.18 Å². The van der Waals surface area contributed by atoms with E-state index in [1.165, 1.54) is 37.9 Å². The third-order valence-electron chi connectivity index (χ3n) is 4.36. The van der Waals surface area contributed by atoms with Gasteiger partial charge in [-0.15, -0.1) is 0 Å². The van der Waals surface area contributed by atoms with E-state index in [0.29, 0.717) is 11.0 Å². The maximum atomic E-state index is 13.0. The molecule has 0 atom stereocenters. The fraction of sp³-hybridized carbons (Fsp3) is 0.571. The van der Waals surface area contributed by atoms with Crippen LogP contribution in [0.2, 0.25) is 0 Å². The third-order valence-corrected chi connectivity index (χ3v) is 4.36. The molecule has 0 N–H and O–H groups in total. The van der Waals surface area contributed by atoms with Crippen molar-refractivity contribution in [3.63, 3.8) is 0 Å². The highest BCUT2D eigenvalue weighted by Crippen LogP contribution is 2.45. The van der Waals surface area contributed by atoms with E-state index in [0.717, 1.165) is 19.5 Å². The fourth-order valence-electron chi connectivity index (χ4n) is 3.36. The Hall–Kier alpha value is -1.45. The normalized spacial score (nSPS) is 21.7. The number of halogens is 1. The van der Waals surface area contributed by atoms with E-state index in [9.17, 15) is 9.18 Å². The molecule has 3 rings (SSSR count). The van der Waals surface area contributed by atoms with E-state index >= 15 is 0 Å². The molecule has 1 amide bonds. The monoisotopic (exact) mass is 248 g/mol. The van der Waals surface area contributed by atoms with Crippen LogP contribution in [-0.4, -0.2) is 28.9 Å². The lowest BCUT2D eigenvalue weighted by molar-refractivity contribution is 0.0772. The quantitative estimate of drug-likeness (QED) is 0.716. The lowest BCUT2D eigenvalue weighted by atomic mass is 9.86. The molecule has 18 heavy (non-hydrogen) atoms. The average molecular weight is 248 g/mol. The molecule has 0 aromatic carbocycles. The average Bonchev–Trinajstić information content (AvgIpc) is 3.00. The molecule has 1 saturated carbocycles. The van der Waals surface area contributed by atoms with Gasteiger partial charge in [0.05, 0.1) is 0 Å². The minimum Gasteiger partial charge on any atom is -0.338 e. The van der Waals surface area contributed by atoms with Crippen molar-refractivity contribution in [2.45, 2.75) is 32.1 Å². The number of likely N-dealkylation sites (tertiary alicyclic amines) is 1. The van der Waals surface area contributed by atoms with Gasteiger partial charge in [-0.25, -0.2) is 4.98 Å². The molecule has 4 heteroatoms. The lowest BCUT2D eigenvalue weighted by Crippen LogP contribution is -2.31. The first-order valence-electron chi connectivity index (χ1n) is 6.59. The predicted molar refractivity (Wildman–Crippen MR) is 65.6 cm³/mol. The largest absolute Gasteiger partial charge is 0.338 e. The zero-order chi connectivity index (χ0) is 12.6. The van der Waals surface area contributed by atoms with Crippen LogP contribution in [-0.2, 0) is 0 Å². The van der Waals surface area contributed by atoms with Crippen molar-refractivity contribution in [3.8, 4) is 0 Å². The Labute approximate surface area is 106 Å². The maximum Gasteiger partial charge on any atom is 0.254 e. The van der Waals surface area contributed by atoms with Gasteiger partial charge in [0.1, 0.15) is 0 Å². The van der Waals surface area contributed by atoms with E-state index in [1.807, 2.05) is 4.90 Å². The first-order valence-corrected chi connectivity index (χ1v) is 6.59. The molecule has 0 radical (unpaired) electrons. The van der Waals surface area contributed by atoms with Gasteiger partial charge in [-0.2, -0.15) is 4.39 Å². The number of hydrogen-bond acceptors (Lipinski definition) is 2. The summed E-state index contributed by atoms with van der Waals surface area (Å²) in [6.45, 7) is 1.65. The van der Waals surface area contributed by atoms with Crippen LogP contribution >= 0.6 is 0 Å². The van der Waals surface area contributed by atoms with Crippen LogP contribution in [0, 0.1) is 11.4 Å². The van der Waals surface area contributed by atoms with Gasteiger partial charge in [0.15, 0.2) is 0 Å². The molecule has 1 aliphatic carbocycles. The van der Waals surface area contributed by atoms with Crippen LogP contribution in [0.15, 0.2) is 18.3 Å². The highest BCUT2D eigenvalue weighted by atomic mass is 19.1. The summed E-state index contributed by atoms with van der Waals surface area (Å²) >= 11 is 0. The van der Waals surface area contributed by atoms with Gasteiger partial charge in [0.2, 0.25) is 5.95 Å². The number of aromatic nitrogens is 1. The number of amides is 1. The van der Waals surface area contributed by atoms with Gasteiger partial charge < -0.3 is 4.90 Å². The Morgan fingerprint density at radius 2 is 2.11 bits per heavy atom. The Balaban J connectivity index is 1.74. The SMILES string of the molecule is O=C(c1ccnc(F)c1)N1CCC2(CCCC2)C1. The number of nitrogens with zero attached hydrogens (tertiary/aromatic N) is 2. The summed E-state index contributed by atoms with van der Waals surface area (Å²) in [5.41, 5.74) is 0.777. The molecule has 2 fully saturated rings. The molecule has 1 spiro atoms. The van der Waals surface area contributed by atoms with Crippen LogP contribution in [0.5, 0.6) is 0 Å². The van der Waals surface area contributed by atoms with Crippen molar-refractivity contribution >= 4 is 5.91 Å². The summed E-state index contributed by atoms with van der Waals surface area (Å²) in [5, 5.41) is 0. The molecular formula is C14H17FN2O. The Kier molecular flexibility index (Phi) is 2.80. The second-order valence-corrected chi connectivity index (χ2v) is 5.55. The molecule has 0 bridgehead atoms. The highest BCUT2D eigenvalue weighted by Gasteiger charge is 2.41. The van der Waals surface area contributed by atoms with Crippen LogP contribution in [0.1, 0.15) is 42.5 Å². The minimum atomic E-state index is -0.587. The minimum absolute atomic E-state index is 0.0555. The van der Waals surface area contributed by atoms with Crippen molar-refractivity contribution in [1.82, 2.24) is 9.88 Å². The molecule has 3 nitrogen and oxygen atoms in total. The zero-order valence-electron chi connectivity index (χ0n) is 10.4. The Bertz CT molecular complexity index is 469. The maximum absolute atomic E-state index is 13.0. The number of carbonyl (C=O) groups is 1. The van der Waals surface area contributed by atoms with Crippen LogP contribution in [0.3, 0.4) is 0 Å². The number of rotatable bonds is 1. The van der Waals surface area contributed by atoms with E-state index in [1.54, 1.807) is 6.07 Å². The van der Waals surface area contributed by atoms with Gasteiger partial charge in [-0.05, 0) is 30.7 Å². The number of hydrogen-bond donors (Lipinski definition) is 0. The zero-order valence-corrected chi connectivity index (χ0v) is 10.4. The molecule has 1 aliphatic heterocycles. The van der Waals surface area contributed by atoms with Crippen LogP contribution in [0.25, 0.3) is 0 Å². The van der Waals surface area contributed by atoms with Crippen molar-refractivity contribution in [2.24, 2.45) is 5.41 Å². The number of pyridine rings is 1. The summed E-state index contributed by atoms with van der Waals surface area (Å²) in [5.74, 6) is -0.643. The first-order chi connectivity index (χ1) is 8.69. The Morgan fingerprint density at radius 3 is 2.83 bits per heavy atom. The summed E-state index contributed by atoms with van der Waals surface area (Å²) in [4.78, 5) is 17.6. The molecular weight excluding hydrogens is 231 g/mol. The summed E-state index contributed by atoms with van der Waals surface area (Å²) in [7, 11) is 0. The second-order valence-electron chi connectivity index (χ2n) is 5.55. The van der Waals surface area contributed by atoms with Gasteiger partial charge in [-0.1, -0.05) is 12.8 Å². The van der Waals surface area contributed by atoms with E-state index in [4.69, 9.17) is 0 Å². The lowest BCUT2D eigenvalue weighted by Gasteiger charge is -2.23. The first kappa shape index (κ1) is 11.6. The van der Waals surface area contributed by atoms with Crippen molar-refractivity contribution in [3.05, 3.63) is 29.8 Å². The summed E-state index contributed by atoms with van der Waals surface area (Å²) in [6.07, 6.45) is 7.50. The van der Waals surface area contributed by atoms with E-state index < -0.39 is 5.95 Å². The van der Waals surface area contributed by atoms with Crippen molar-refractivity contribution in [1.29, 1.82) is 0 Å². The molecule has 2 aliphatic rings. The fourth-order valence-corrected chi connectivity index (χ4v) is 3.36. The van der Waals surface area contributed by atoms with Gasteiger partial charge in [-0.3, -0.25) is 4.79 Å². The van der Waals surface area contributed by atoms with Gasteiger partial charge in [0.25, 0.3) is 5.91 Å². The Morgan fingerprint density at radius 1 is 1.33 bits per heavy atom. The third kappa shape index (κ3) is 2.00. The van der Waals surface area contributed by atoms with Crippen LogP contribution in [0.4, 0.5) is 4.39 Å². The summed E-state index contributed by atoms with van der Waals surface area (Å²) in [6, 6.07) is 2.81. The van der Waals surface area contributed by atoms with Crippen molar-refractivity contribution in [2.75, 3.05) is 13.1 Å². The molecule has 1 saturated heterocycles. The molecule has 2 heterocycles. The molecule has 1 aromatic rings. The topological polar surface area (TPSA) is 33.2 Å². The second kappa shape index (κ2) is 4.34. The number of carbonyl (C=O) groups excluding carboxylic acids is 1. The van der Waals surface area contributed by atoms with Gasteiger partial charge >= 0.3 is 0 Å². The predicted octanol–water partition coefficient (Wildman–Crippen LogP) is 2.63. The van der Waals surface area contributed by atoms with Crippen LogP contribution < -0.4 is 0 Å². The van der Waals surface area contributed by atoms with Gasteiger partial charge in [0, 0.05) is 30.9 Å². The summed E-state index contributed by atoms with van der Waals surface area (Å²) < 4.78 is 13.0. The highest BCUT2D eigenvalue weighted by molar-refractivity contribution is 5.94. The molecule has 1 aromatic heterocycles. The standard InChI is InChI=1S/C14H17FN2O/c15-12-9-11(3-7-16-12)13(18)17-8-6-14(10-17)4-1-2-5-14/h3,7,9H,1-2,4-6,8,10H2.